The number of β-lactam (4-membered cyclic amide) rings is 1. The molecule has 0 radical (unpaired) electrons. The van der Waals surface area contributed by atoms with Crippen molar-refractivity contribution in [1.82, 2.24) is 15.2 Å². The third-order valence-electron chi connectivity index (χ3n) is 5.16. The van der Waals surface area contributed by atoms with Gasteiger partial charge in [0.2, 0.25) is 5.91 Å². The zero-order valence-corrected chi connectivity index (χ0v) is 18.1. The van der Waals surface area contributed by atoms with Gasteiger partial charge in [0.15, 0.2) is 0 Å². The lowest BCUT2D eigenvalue weighted by molar-refractivity contribution is -0.163. The molecule has 4 N–H and O–H groups in total. The number of carbonyl (C=O) groups excluding carboxylic acids is 2. The molecule has 0 bridgehead atoms. The van der Waals surface area contributed by atoms with Gasteiger partial charge in [0.05, 0.1) is 28.5 Å². The Morgan fingerprint density at radius 3 is 2.83 bits per heavy atom. The second-order valence-electron chi connectivity index (χ2n) is 7.09. The summed E-state index contributed by atoms with van der Waals surface area (Å²) in [5, 5.41) is 32.7. The molecule has 2 aliphatic rings. The number of nitrogens with zero attached hydrogens (tertiary/aromatic N) is 2. The molecule has 0 spiro atoms. The fourth-order valence-electron chi connectivity index (χ4n) is 3.76. The van der Waals surface area contributed by atoms with Crippen molar-refractivity contribution in [3.8, 4) is 0 Å². The molecule has 1 aromatic heterocycles. The van der Waals surface area contributed by atoms with Crippen LogP contribution in [0.15, 0.2) is 21.5 Å². The van der Waals surface area contributed by atoms with E-state index in [1.165, 1.54) is 34.9 Å². The van der Waals surface area contributed by atoms with E-state index in [9.17, 15) is 24.6 Å². The number of aliphatic hydroxyl groups is 2. The van der Waals surface area contributed by atoms with Gasteiger partial charge in [0.1, 0.15) is 11.4 Å². The molecule has 0 aliphatic carbocycles. The first kappa shape index (κ1) is 22.5. The van der Waals surface area contributed by atoms with Gasteiger partial charge < -0.3 is 25.5 Å². The summed E-state index contributed by atoms with van der Waals surface area (Å²) in [7, 11) is 0. The summed E-state index contributed by atoms with van der Waals surface area (Å²) < 4.78 is 0. The van der Waals surface area contributed by atoms with Crippen LogP contribution in [0.1, 0.15) is 35.6 Å². The molecule has 0 saturated carbocycles. The highest BCUT2D eigenvalue weighted by Crippen LogP contribution is 2.50. The van der Waals surface area contributed by atoms with E-state index in [4.69, 9.17) is 5.11 Å². The molecule has 162 valence electrons. The zero-order chi connectivity index (χ0) is 22.0. The fraction of sp³-hybridized carbons (Fsp3) is 0.474. The van der Waals surface area contributed by atoms with E-state index in [1.54, 1.807) is 17.0 Å². The monoisotopic (exact) mass is 453 g/mol. The molecule has 4 atom stereocenters. The number of rotatable bonds is 9. The van der Waals surface area contributed by atoms with Gasteiger partial charge >= 0.3 is 5.97 Å². The van der Waals surface area contributed by atoms with E-state index in [1.807, 2.05) is 6.92 Å². The summed E-state index contributed by atoms with van der Waals surface area (Å²) >= 11 is 2.46. The molecule has 1 fully saturated rings. The molecule has 2 aliphatic heterocycles. The lowest BCUT2D eigenvalue weighted by Gasteiger charge is -2.46. The number of aromatic nitrogens is 1. The van der Waals surface area contributed by atoms with Crippen LogP contribution in [-0.4, -0.2) is 68.3 Å². The molecule has 9 nitrogen and oxygen atoms in total. The Bertz CT molecular complexity index is 910. The number of hydrogen-bond donors (Lipinski definition) is 4. The molecule has 2 amide bonds. The summed E-state index contributed by atoms with van der Waals surface area (Å²) in [5.41, 5.74) is 1.76. The Morgan fingerprint density at radius 1 is 1.47 bits per heavy atom. The van der Waals surface area contributed by atoms with Crippen LogP contribution in [0.3, 0.4) is 0 Å². The molecule has 1 saturated heterocycles. The number of carbonyl (C=O) groups is 3. The fourth-order valence-corrected chi connectivity index (χ4v) is 5.52. The smallest absolute Gasteiger partial charge is 0.353 e. The maximum atomic E-state index is 12.4. The normalized spacial score (nSPS) is 24.2. The average Bonchev–Trinajstić information content (AvgIpc) is 3.23. The van der Waals surface area contributed by atoms with Gasteiger partial charge in [-0.2, -0.15) is 0 Å². The highest BCUT2D eigenvalue weighted by molar-refractivity contribution is 8.06. The van der Waals surface area contributed by atoms with E-state index in [0.717, 1.165) is 0 Å². The topological polar surface area (TPSA) is 140 Å². The van der Waals surface area contributed by atoms with Crippen LogP contribution in [0.25, 0.3) is 6.08 Å². The minimum absolute atomic E-state index is 0.0175. The number of carboxylic acid groups (broad SMARTS) is 1. The number of aliphatic carboxylic acids is 1. The summed E-state index contributed by atoms with van der Waals surface area (Å²) in [6.45, 7) is 3.70. The number of amides is 2. The van der Waals surface area contributed by atoms with Crippen LogP contribution in [0.5, 0.6) is 0 Å². The number of hydrogen-bond acceptors (Lipinski definition) is 8. The average molecular weight is 454 g/mol. The molecule has 0 aromatic carbocycles. The third-order valence-corrected chi connectivity index (χ3v) is 7.04. The van der Waals surface area contributed by atoms with E-state index in [2.05, 4.69) is 10.3 Å². The maximum Gasteiger partial charge on any atom is 0.353 e. The Morgan fingerprint density at radius 2 is 2.20 bits per heavy atom. The zero-order valence-electron chi connectivity index (χ0n) is 16.4. The van der Waals surface area contributed by atoms with Gasteiger partial charge in [0, 0.05) is 24.0 Å². The SMILES string of the molecule is C[C@@H](O)[C@H]1C(=O)N2C(C(=O)O)=C(S/C=C\c3scnc3C(=O)NCCCO)[C@H](C)[C@H]12. The predicted molar refractivity (Wildman–Crippen MR) is 112 cm³/mol. The minimum Gasteiger partial charge on any atom is -0.477 e. The molecule has 30 heavy (non-hydrogen) atoms. The standard InChI is InChI=1S/C19H23N3O6S2/c1-9-14-12(10(2)24)18(26)22(14)15(19(27)28)16(9)29-7-4-11-13(21-8-30-11)17(25)20-5-3-6-23/h4,7-10,12,14,23-24H,3,5-6H2,1-2H3,(H,20,25)(H,27,28)/b7-4-/t9-,10-,12-,14-/m1/s1. The van der Waals surface area contributed by atoms with Crippen LogP contribution in [0, 0.1) is 11.8 Å². The molecule has 11 heteroatoms. The van der Waals surface area contributed by atoms with Crippen LogP contribution >= 0.6 is 23.1 Å². The second-order valence-corrected chi connectivity index (χ2v) is 8.92. The Kier molecular flexibility index (Phi) is 6.96. The summed E-state index contributed by atoms with van der Waals surface area (Å²) in [4.78, 5) is 42.9. The van der Waals surface area contributed by atoms with Crippen LogP contribution in [-0.2, 0) is 9.59 Å². The Hall–Kier alpha value is -2.21. The number of thiazole rings is 1. The minimum atomic E-state index is -1.18. The molecule has 3 rings (SSSR count). The maximum absolute atomic E-state index is 12.4. The summed E-state index contributed by atoms with van der Waals surface area (Å²) in [6, 6.07) is -0.365. The van der Waals surface area contributed by atoms with Crippen molar-refractivity contribution in [1.29, 1.82) is 0 Å². The number of fused-ring (bicyclic) bond motifs is 1. The van der Waals surface area contributed by atoms with Crippen molar-refractivity contribution >= 4 is 47.0 Å². The number of aliphatic hydroxyl groups excluding tert-OH is 2. The molecule has 3 heterocycles. The molecular weight excluding hydrogens is 430 g/mol. The quantitative estimate of drug-likeness (QED) is 0.322. The predicted octanol–water partition coefficient (Wildman–Crippen LogP) is 1.11. The second kappa shape index (κ2) is 9.29. The molecule has 1 aromatic rings. The largest absolute Gasteiger partial charge is 0.477 e. The highest BCUT2D eigenvalue weighted by atomic mass is 32.2. The number of nitrogens with one attached hydrogen (secondary N) is 1. The van der Waals surface area contributed by atoms with E-state index >= 15 is 0 Å². The van der Waals surface area contributed by atoms with Gasteiger partial charge in [-0.15, -0.1) is 11.3 Å². The molecular formula is C19H23N3O6S2. The lowest BCUT2D eigenvalue weighted by Crippen LogP contribution is -2.63. The van der Waals surface area contributed by atoms with E-state index in [-0.39, 0.29) is 41.8 Å². The Balaban J connectivity index is 1.75. The third kappa shape index (κ3) is 4.02. The lowest BCUT2D eigenvalue weighted by atomic mass is 9.79. The van der Waals surface area contributed by atoms with Gasteiger partial charge in [-0.1, -0.05) is 18.7 Å². The van der Waals surface area contributed by atoms with Crippen molar-refractivity contribution in [2.75, 3.05) is 13.2 Å². The summed E-state index contributed by atoms with van der Waals surface area (Å²) in [6.07, 6.45) is 1.29. The van der Waals surface area contributed by atoms with Crippen molar-refractivity contribution in [3.63, 3.8) is 0 Å². The van der Waals surface area contributed by atoms with Crippen LogP contribution in [0.4, 0.5) is 0 Å². The number of thioether (sulfide) groups is 1. The van der Waals surface area contributed by atoms with Crippen molar-refractivity contribution in [2.24, 2.45) is 11.8 Å². The van der Waals surface area contributed by atoms with Crippen molar-refractivity contribution < 1.29 is 29.7 Å². The van der Waals surface area contributed by atoms with Crippen molar-refractivity contribution in [3.05, 3.63) is 32.1 Å². The van der Waals surface area contributed by atoms with E-state index < -0.39 is 18.0 Å². The van der Waals surface area contributed by atoms with Crippen LogP contribution < -0.4 is 5.32 Å². The van der Waals surface area contributed by atoms with Gasteiger partial charge in [-0.25, -0.2) is 9.78 Å². The van der Waals surface area contributed by atoms with Crippen molar-refractivity contribution in [2.45, 2.75) is 32.4 Å². The van der Waals surface area contributed by atoms with Gasteiger partial charge in [0.25, 0.3) is 5.91 Å². The van der Waals surface area contributed by atoms with Gasteiger partial charge in [-0.05, 0) is 24.8 Å². The number of carboxylic acids is 1. The first-order valence-electron chi connectivity index (χ1n) is 9.43. The highest BCUT2D eigenvalue weighted by Gasteiger charge is 2.59. The van der Waals surface area contributed by atoms with E-state index in [0.29, 0.717) is 22.7 Å². The van der Waals surface area contributed by atoms with Gasteiger partial charge in [-0.3, -0.25) is 9.59 Å². The first-order chi connectivity index (χ1) is 14.3. The first-order valence-corrected chi connectivity index (χ1v) is 11.2. The molecule has 0 unspecified atom stereocenters. The Labute approximate surface area is 181 Å². The van der Waals surface area contributed by atoms with Crippen LogP contribution in [0.2, 0.25) is 0 Å². The summed E-state index contributed by atoms with van der Waals surface area (Å²) in [5.74, 6) is -2.73.